The number of aromatic nitrogens is 2. The molecule has 1 N–H and O–H groups in total. The van der Waals surface area contributed by atoms with Crippen molar-refractivity contribution in [2.24, 2.45) is 7.05 Å². The number of benzene rings is 1. The van der Waals surface area contributed by atoms with Gasteiger partial charge in [-0.05, 0) is 12.1 Å². The Morgan fingerprint density at radius 3 is 2.73 bits per heavy atom. The molecule has 1 aromatic carbocycles. The number of para-hydroxylation sites is 1. The summed E-state index contributed by atoms with van der Waals surface area (Å²) in [5.41, 5.74) is -1.27. The van der Waals surface area contributed by atoms with Crippen LogP contribution in [0.4, 0.5) is 13.2 Å². The Bertz CT molecular complexity index is 877. The number of hydrogen-bond acceptors (Lipinski definition) is 3. The molecule has 0 radical (unpaired) electrons. The van der Waals surface area contributed by atoms with Gasteiger partial charge in [-0.1, -0.05) is 12.1 Å². The molecule has 0 saturated heterocycles. The van der Waals surface area contributed by atoms with Crippen molar-refractivity contribution in [2.75, 3.05) is 0 Å². The molecule has 5 nitrogen and oxygen atoms in total. The third-order valence-corrected chi connectivity index (χ3v) is 3.25. The summed E-state index contributed by atoms with van der Waals surface area (Å²) in [6, 6.07) is 5.02. The molecule has 2 aromatic heterocycles. The fourth-order valence-electron chi connectivity index (χ4n) is 2.29. The number of aromatic carboxylic acids is 1. The third-order valence-electron chi connectivity index (χ3n) is 3.25. The smallest absolute Gasteiger partial charge is 0.420 e. The van der Waals surface area contributed by atoms with Crippen LogP contribution in [0.15, 0.2) is 34.9 Å². The van der Waals surface area contributed by atoms with Crippen LogP contribution in [0.1, 0.15) is 15.9 Å². The quantitative estimate of drug-likeness (QED) is 0.786. The summed E-state index contributed by atoms with van der Waals surface area (Å²) in [5.74, 6) is -1.22. The molecule has 0 atom stereocenters. The van der Waals surface area contributed by atoms with Crippen molar-refractivity contribution >= 4 is 16.9 Å². The van der Waals surface area contributed by atoms with Gasteiger partial charge < -0.3 is 9.52 Å². The van der Waals surface area contributed by atoms with Crippen LogP contribution < -0.4 is 0 Å². The van der Waals surface area contributed by atoms with Gasteiger partial charge in [0.05, 0.1) is 11.8 Å². The monoisotopic (exact) mass is 310 g/mol. The second kappa shape index (κ2) is 4.62. The normalized spacial score (nSPS) is 12.0. The molecule has 0 amide bonds. The van der Waals surface area contributed by atoms with Gasteiger partial charge in [0.25, 0.3) is 0 Å². The molecular formula is C14H9F3N2O3. The highest BCUT2D eigenvalue weighted by Gasteiger charge is 2.34. The summed E-state index contributed by atoms with van der Waals surface area (Å²) in [7, 11) is 1.49. The van der Waals surface area contributed by atoms with E-state index in [1.807, 2.05) is 0 Å². The number of alkyl halides is 3. The first-order valence-corrected chi connectivity index (χ1v) is 6.14. The van der Waals surface area contributed by atoms with E-state index in [4.69, 9.17) is 9.52 Å². The number of carboxylic acids is 1. The van der Waals surface area contributed by atoms with Crippen LogP contribution in [0.25, 0.3) is 22.4 Å². The number of furan rings is 1. The number of rotatable bonds is 2. The maximum absolute atomic E-state index is 13.0. The van der Waals surface area contributed by atoms with Crippen LogP contribution in [-0.4, -0.2) is 20.9 Å². The average Bonchev–Trinajstić information content (AvgIpc) is 2.99. The van der Waals surface area contributed by atoms with Crippen LogP contribution in [-0.2, 0) is 13.2 Å². The summed E-state index contributed by atoms with van der Waals surface area (Å²) >= 11 is 0. The average molecular weight is 310 g/mol. The second-order valence-electron chi connectivity index (χ2n) is 4.67. The van der Waals surface area contributed by atoms with Gasteiger partial charge in [0.15, 0.2) is 5.76 Å². The van der Waals surface area contributed by atoms with Gasteiger partial charge in [0.2, 0.25) is 0 Å². The molecule has 2 heterocycles. The van der Waals surface area contributed by atoms with Crippen LogP contribution in [0, 0.1) is 0 Å². The van der Waals surface area contributed by atoms with Crippen LogP contribution in [0.3, 0.4) is 0 Å². The topological polar surface area (TPSA) is 68.3 Å². The molecule has 3 aromatic rings. The molecule has 0 aliphatic carbocycles. The first-order valence-electron chi connectivity index (χ1n) is 6.14. The van der Waals surface area contributed by atoms with Crippen molar-refractivity contribution < 1.29 is 27.5 Å². The largest absolute Gasteiger partial charge is 0.478 e. The fourth-order valence-corrected chi connectivity index (χ4v) is 2.29. The van der Waals surface area contributed by atoms with E-state index in [2.05, 4.69) is 5.10 Å². The Balaban J connectivity index is 2.27. The number of hydrogen-bond donors (Lipinski definition) is 1. The Hall–Kier alpha value is -2.77. The van der Waals surface area contributed by atoms with E-state index in [0.717, 1.165) is 12.3 Å². The minimum atomic E-state index is -4.56. The standard InChI is InChI=1S/C14H9F3N2O3/c1-19-11(8(6-18-19)13(20)21)10-5-7-3-2-4-9(12(7)22-10)14(15,16)17/h2-6H,1H3,(H,20,21). The lowest BCUT2D eigenvalue weighted by Crippen LogP contribution is -2.04. The van der Waals surface area contributed by atoms with E-state index in [9.17, 15) is 18.0 Å². The SMILES string of the molecule is Cn1ncc(C(=O)O)c1-c1cc2cccc(C(F)(F)F)c2o1. The maximum Gasteiger partial charge on any atom is 0.420 e. The minimum absolute atomic E-state index is 0.0177. The highest BCUT2D eigenvalue weighted by Crippen LogP contribution is 2.38. The van der Waals surface area contributed by atoms with Gasteiger partial charge in [-0.25, -0.2) is 4.79 Å². The van der Waals surface area contributed by atoms with Gasteiger partial charge in [-0.2, -0.15) is 18.3 Å². The van der Waals surface area contributed by atoms with E-state index in [-0.39, 0.29) is 28.0 Å². The molecule has 0 aliphatic heterocycles. The van der Waals surface area contributed by atoms with Crippen molar-refractivity contribution in [2.45, 2.75) is 6.18 Å². The van der Waals surface area contributed by atoms with Crippen molar-refractivity contribution in [3.8, 4) is 11.5 Å². The van der Waals surface area contributed by atoms with Gasteiger partial charge in [0, 0.05) is 12.4 Å². The summed E-state index contributed by atoms with van der Waals surface area (Å²) in [6.07, 6.45) is -3.44. The van der Waals surface area contributed by atoms with Crippen molar-refractivity contribution in [1.29, 1.82) is 0 Å². The van der Waals surface area contributed by atoms with E-state index >= 15 is 0 Å². The molecule has 8 heteroatoms. The minimum Gasteiger partial charge on any atom is -0.478 e. The first-order chi connectivity index (χ1) is 10.3. The second-order valence-corrected chi connectivity index (χ2v) is 4.67. The molecule has 0 bridgehead atoms. The molecular weight excluding hydrogens is 301 g/mol. The number of carboxylic acid groups (broad SMARTS) is 1. The predicted molar refractivity (Wildman–Crippen MR) is 70.4 cm³/mol. The van der Waals surface area contributed by atoms with Gasteiger partial charge >= 0.3 is 12.1 Å². The molecule has 0 spiro atoms. The first kappa shape index (κ1) is 14.2. The predicted octanol–water partition coefficient (Wildman–Crippen LogP) is 3.55. The Morgan fingerprint density at radius 1 is 1.36 bits per heavy atom. The lowest BCUT2D eigenvalue weighted by atomic mass is 10.1. The Labute approximate surface area is 121 Å². The van der Waals surface area contributed by atoms with Crippen LogP contribution in [0.2, 0.25) is 0 Å². The molecule has 0 unspecified atom stereocenters. The number of fused-ring (bicyclic) bond motifs is 1. The summed E-state index contributed by atoms with van der Waals surface area (Å²) < 4.78 is 45.5. The van der Waals surface area contributed by atoms with Gasteiger partial charge in [-0.3, -0.25) is 4.68 Å². The van der Waals surface area contributed by atoms with E-state index in [1.165, 1.54) is 29.9 Å². The molecule has 0 fully saturated rings. The number of aryl methyl sites for hydroxylation is 1. The number of nitrogens with zero attached hydrogens (tertiary/aromatic N) is 2. The molecule has 0 saturated carbocycles. The van der Waals surface area contributed by atoms with Crippen molar-refractivity contribution in [3.63, 3.8) is 0 Å². The Kier molecular flexibility index (Phi) is 2.98. The zero-order valence-electron chi connectivity index (χ0n) is 11.2. The number of carbonyl (C=O) groups is 1. The molecule has 114 valence electrons. The van der Waals surface area contributed by atoms with E-state index < -0.39 is 17.7 Å². The van der Waals surface area contributed by atoms with Crippen molar-refractivity contribution in [3.05, 3.63) is 41.6 Å². The maximum atomic E-state index is 13.0. The highest BCUT2D eigenvalue weighted by molar-refractivity contribution is 5.95. The molecule has 3 rings (SSSR count). The van der Waals surface area contributed by atoms with Crippen LogP contribution >= 0.6 is 0 Å². The lowest BCUT2D eigenvalue weighted by Gasteiger charge is -2.06. The molecule has 22 heavy (non-hydrogen) atoms. The lowest BCUT2D eigenvalue weighted by molar-refractivity contribution is -0.136. The zero-order chi connectivity index (χ0) is 16.1. The highest BCUT2D eigenvalue weighted by atomic mass is 19.4. The summed E-state index contributed by atoms with van der Waals surface area (Å²) in [4.78, 5) is 11.2. The summed E-state index contributed by atoms with van der Waals surface area (Å²) in [5, 5.41) is 13.2. The van der Waals surface area contributed by atoms with E-state index in [0.29, 0.717) is 0 Å². The van der Waals surface area contributed by atoms with Gasteiger partial charge in [0.1, 0.15) is 16.8 Å². The third kappa shape index (κ3) is 2.12. The van der Waals surface area contributed by atoms with Gasteiger partial charge in [-0.15, -0.1) is 0 Å². The van der Waals surface area contributed by atoms with Crippen molar-refractivity contribution in [1.82, 2.24) is 9.78 Å². The summed E-state index contributed by atoms with van der Waals surface area (Å²) in [6.45, 7) is 0. The van der Waals surface area contributed by atoms with Crippen LogP contribution in [0.5, 0.6) is 0 Å². The Morgan fingerprint density at radius 2 is 2.09 bits per heavy atom. The zero-order valence-corrected chi connectivity index (χ0v) is 11.2. The molecule has 0 aliphatic rings. The fraction of sp³-hybridized carbons (Fsp3) is 0.143. The van der Waals surface area contributed by atoms with E-state index in [1.54, 1.807) is 0 Å². The number of halogens is 3.